The molecule has 0 aliphatic heterocycles. The molecule has 1 heteroatoms. The molecule has 21 heavy (non-hydrogen) atoms. The van der Waals surface area contributed by atoms with E-state index >= 15 is 0 Å². The molecule has 0 aromatic rings. The van der Waals surface area contributed by atoms with Gasteiger partial charge in [-0.15, -0.1) is 0 Å². The van der Waals surface area contributed by atoms with Crippen LogP contribution in [0.15, 0.2) is 35.5 Å². The molecule has 0 aliphatic rings. The lowest BCUT2D eigenvalue weighted by atomic mass is 9.96. The minimum Gasteiger partial charge on any atom is -0.330 e. The molecule has 124 valence electrons. The molecule has 1 unspecified atom stereocenters. The van der Waals surface area contributed by atoms with Crippen molar-refractivity contribution in [3.8, 4) is 0 Å². The topological polar surface area (TPSA) is 26.0 Å². The number of nitrogens with two attached hydrogens (primary N) is 1. The van der Waals surface area contributed by atoms with Gasteiger partial charge in [0.15, 0.2) is 0 Å². The third-order valence-electron chi connectivity index (χ3n) is 3.55. The molecule has 0 rings (SSSR count). The number of hydrogen-bond donors (Lipinski definition) is 1. The van der Waals surface area contributed by atoms with Gasteiger partial charge >= 0.3 is 0 Å². The van der Waals surface area contributed by atoms with Gasteiger partial charge < -0.3 is 5.73 Å². The van der Waals surface area contributed by atoms with Crippen LogP contribution in [0.4, 0.5) is 0 Å². The van der Waals surface area contributed by atoms with E-state index in [-0.39, 0.29) is 0 Å². The van der Waals surface area contributed by atoms with Crippen molar-refractivity contribution in [2.45, 2.75) is 74.1 Å². The molecule has 0 aromatic carbocycles. The molecule has 0 saturated heterocycles. The second kappa shape index (κ2) is 15.6. The van der Waals surface area contributed by atoms with Crippen LogP contribution in [0.3, 0.4) is 0 Å². The minimum absolute atomic E-state index is 0.589. The predicted octanol–water partition coefficient (Wildman–Crippen LogP) is 6.27. The SMILES string of the molecule is CC.C\C=C(/C=C(\C=C\C(C)CC)CCCCN)C(C)C. The van der Waals surface area contributed by atoms with Gasteiger partial charge in [0.2, 0.25) is 0 Å². The molecule has 0 fully saturated rings. The van der Waals surface area contributed by atoms with E-state index in [2.05, 4.69) is 58.9 Å². The number of unbranched alkanes of at least 4 members (excludes halogenated alkanes) is 1. The van der Waals surface area contributed by atoms with Gasteiger partial charge in [0, 0.05) is 0 Å². The molecule has 0 aromatic heterocycles. The van der Waals surface area contributed by atoms with Crippen LogP contribution < -0.4 is 5.73 Å². The molecule has 2 N–H and O–H groups in total. The maximum atomic E-state index is 5.59. The van der Waals surface area contributed by atoms with E-state index in [1.54, 1.807) is 0 Å². The molecule has 1 atom stereocenters. The summed E-state index contributed by atoms with van der Waals surface area (Å²) in [6.45, 7) is 15.9. The molecule has 1 nitrogen and oxygen atoms in total. The van der Waals surface area contributed by atoms with Crippen molar-refractivity contribution < 1.29 is 0 Å². The second-order valence-electron chi connectivity index (χ2n) is 5.65. The highest BCUT2D eigenvalue weighted by Gasteiger charge is 2.01. The highest BCUT2D eigenvalue weighted by molar-refractivity contribution is 5.31. The summed E-state index contributed by atoms with van der Waals surface area (Å²) in [4.78, 5) is 0. The van der Waals surface area contributed by atoms with Gasteiger partial charge in [-0.1, -0.05) is 72.3 Å². The lowest BCUT2D eigenvalue weighted by Crippen LogP contribution is -1.98. The van der Waals surface area contributed by atoms with E-state index in [1.165, 1.54) is 24.0 Å². The van der Waals surface area contributed by atoms with Crippen LogP contribution in [0.5, 0.6) is 0 Å². The van der Waals surface area contributed by atoms with Gasteiger partial charge in [-0.05, 0) is 55.7 Å². The summed E-state index contributed by atoms with van der Waals surface area (Å²) in [5.74, 6) is 1.25. The molecule has 0 radical (unpaired) electrons. The zero-order valence-electron chi connectivity index (χ0n) is 15.6. The Morgan fingerprint density at radius 1 is 1.10 bits per heavy atom. The van der Waals surface area contributed by atoms with Crippen LogP contribution in [-0.2, 0) is 0 Å². The third kappa shape index (κ3) is 12.6. The molecule has 0 amide bonds. The fourth-order valence-electron chi connectivity index (χ4n) is 1.90. The van der Waals surface area contributed by atoms with Gasteiger partial charge in [0.25, 0.3) is 0 Å². The summed E-state index contributed by atoms with van der Waals surface area (Å²) in [6, 6.07) is 0. The van der Waals surface area contributed by atoms with E-state index in [9.17, 15) is 0 Å². The van der Waals surface area contributed by atoms with Crippen LogP contribution in [-0.4, -0.2) is 6.54 Å². The average Bonchev–Trinajstić information content (AvgIpc) is 2.50. The van der Waals surface area contributed by atoms with Crippen molar-refractivity contribution >= 4 is 0 Å². The maximum Gasteiger partial charge on any atom is -0.00772 e. The highest BCUT2D eigenvalue weighted by Crippen LogP contribution is 2.18. The number of rotatable bonds is 9. The maximum absolute atomic E-state index is 5.59. The first-order valence-electron chi connectivity index (χ1n) is 8.80. The summed E-state index contributed by atoms with van der Waals surface area (Å²) in [7, 11) is 0. The Morgan fingerprint density at radius 3 is 2.14 bits per heavy atom. The summed E-state index contributed by atoms with van der Waals surface area (Å²) >= 11 is 0. The monoisotopic (exact) mass is 293 g/mol. The zero-order chi connectivity index (χ0) is 16.7. The Balaban J connectivity index is 0. The van der Waals surface area contributed by atoms with E-state index in [0.29, 0.717) is 11.8 Å². The molecule has 0 saturated carbocycles. The van der Waals surface area contributed by atoms with E-state index < -0.39 is 0 Å². The van der Waals surface area contributed by atoms with Crippen LogP contribution in [0.1, 0.15) is 74.1 Å². The minimum atomic E-state index is 0.589. The van der Waals surface area contributed by atoms with Crippen LogP contribution in [0, 0.1) is 11.8 Å². The Bertz CT molecular complexity index is 308. The summed E-state index contributed by atoms with van der Waals surface area (Å²) in [6.07, 6.45) is 13.9. The number of allylic oxidation sites excluding steroid dienone is 6. The van der Waals surface area contributed by atoms with Gasteiger partial charge in [0.1, 0.15) is 0 Å². The summed E-state index contributed by atoms with van der Waals surface area (Å²) in [5.41, 5.74) is 8.45. The third-order valence-corrected chi connectivity index (χ3v) is 3.55. The molecule has 0 bridgehead atoms. The average molecular weight is 294 g/mol. The molecule has 0 aliphatic carbocycles. The van der Waals surface area contributed by atoms with Crippen molar-refractivity contribution in [1.82, 2.24) is 0 Å². The smallest absolute Gasteiger partial charge is 0.00772 e. The fourth-order valence-corrected chi connectivity index (χ4v) is 1.90. The van der Waals surface area contributed by atoms with E-state index in [4.69, 9.17) is 5.73 Å². The van der Waals surface area contributed by atoms with Crippen LogP contribution >= 0.6 is 0 Å². The van der Waals surface area contributed by atoms with Gasteiger partial charge in [-0.2, -0.15) is 0 Å². The van der Waals surface area contributed by atoms with Crippen LogP contribution in [0.25, 0.3) is 0 Å². The Morgan fingerprint density at radius 2 is 1.71 bits per heavy atom. The first-order valence-corrected chi connectivity index (χ1v) is 8.80. The fraction of sp³-hybridized carbons (Fsp3) is 0.700. The predicted molar refractivity (Wildman–Crippen MR) is 99.5 cm³/mol. The van der Waals surface area contributed by atoms with Gasteiger partial charge in [-0.3, -0.25) is 0 Å². The number of hydrogen-bond acceptors (Lipinski definition) is 1. The van der Waals surface area contributed by atoms with Crippen molar-refractivity contribution in [2.24, 2.45) is 17.6 Å². The lowest BCUT2D eigenvalue weighted by Gasteiger charge is -2.10. The first-order chi connectivity index (χ1) is 10.0. The van der Waals surface area contributed by atoms with Crippen molar-refractivity contribution in [3.63, 3.8) is 0 Å². The first kappa shape index (κ1) is 22.5. The van der Waals surface area contributed by atoms with Crippen molar-refractivity contribution in [3.05, 3.63) is 35.5 Å². The normalized spacial score (nSPS) is 14.3. The molecular weight excluding hydrogens is 254 g/mol. The standard InChI is InChI=1S/C18H33N.C2H6/c1-6-16(5)11-12-17(10-8-9-13-19)14-18(7-2)15(3)4;1-2/h7,11-12,14-16H,6,8-10,13,19H2,1-5H3;1-2H3/b12-11+,17-14-,18-7+;. The van der Waals surface area contributed by atoms with Crippen molar-refractivity contribution in [2.75, 3.05) is 6.54 Å². The quantitative estimate of drug-likeness (QED) is 0.393. The Hall–Kier alpha value is -0.820. The zero-order valence-corrected chi connectivity index (χ0v) is 15.6. The second-order valence-corrected chi connectivity index (χ2v) is 5.65. The van der Waals surface area contributed by atoms with Gasteiger partial charge in [-0.25, -0.2) is 0 Å². The van der Waals surface area contributed by atoms with E-state index in [0.717, 1.165) is 19.4 Å². The lowest BCUT2D eigenvalue weighted by molar-refractivity contribution is 0.695. The van der Waals surface area contributed by atoms with Crippen molar-refractivity contribution in [1.29, 1.82) is 0 Å². The van der Waals surface area contributed by atoms with Crippen LogP contribution in [0.2, 0.25) is 0 Å². The summed E-state index contributed by atoms with van der Waals surface area (Å²) < 4.78 is 0. The van der Waals surface area contributed by atoms with Gasteiger partial charge in [0.05, 0.1) is 0 Å². The molecule has 0 spiro atoms. The summed E-state index contributed by atoms with van der Waals surface area (Å²) in [5, 5.41) is 0. The molecular formula is C20H39N. The Labute approximate surface area is 134 Å². The largest absolute Gasteiger partial charge is 0.330 e. The molecule has 0 heterocycles. The Kier molecular flexibility index (Phi) is 16.6. The van der Waals surface area contributed by atoms with E-state index in [1.807, 2.05) is 13.8 Å². The highest BCUT2D eigenvalue weighted by atomic mass is 14.5.